The molecule has 0 spiro atoms. The van der Waals surface area contributed by atoms with E-state index in [0.717, 1.165) is 12.8 Å². The highest BCUT2D eigenvalue weighted by Crippen LogP contribution is 2.32. The molecule has 0 unspecified atom stereocenters. The van der Waals surface area contributed by atoms with Crippen molar-refractivity contribution in [3.05, 3.63) is 10.1 Å². The van der Waals surface area contributed by atoms with E-state index < -0.39 is 29.9 Å². The molecule has 0 saturated heterocycles. The quantitative estimate of drug-likeness (QED) is 0.0679. The summed E-state index contributed by atoms with van der Waals surface area (Å²) in [6.07, 6.45) is 2.87. The van der Waals surface area contributed by atoms with E-state index in [1.807, 2.05) is 13.8 Å². The van der Waals surface area contributed by atoms with Gasteiger partial charge in [-0.25, -0.2) is 15.1 Å². The minimum Gasteiger partial charge on any atom is -0.426 e. The summed E-state index contributed by atoms with van der Waals surface area (Å²) in [4.78, 5) is 38.9. The highest BCUT2D eigenvalue weighted by atomic mass is 16.7. The number of hydrazine groups is 1. The van der Waals surface area contributed by atoms with E-state index in [1.165, 1.54) is 0 Å². The van der Waals surface area contributed by atoms with Crippen LogP contribution in [0.2, 0.25) is 0 Å². The maximum Gasteiger partial charge on any atom is 0.475 e. The monoisotopic (exact) mass is 399 g/mol. The Hall–Kier alpha value is -2.21. The van der Waals surface area contributed by atoms with E-state index >= 15 is 0 Å². The van der Waals surface area contributed by atoms with Gasteiger partial charge in [0.1, 0.15) is 5.78 Å². The van der Waals surface area contributed by atoms with Crippen molar-refractivity contribution >= 4 is 24.8 Å². The second-order valence-corrected chi connectivity index (χ2v) is 7.58. The Morgan fingerprint density at radius 2 is 2.00 bits per heavy atom. The molecule has 0 aliphatic heterocycles. The van der Waals surface area contributed by atoms with Gasteiger partial charge in [-0.15, -0.1) is 0 Å². The summed E-state index contributed by atoms with van der Waals surface area (Å²) < 4.78 is 0. The standard InChI is InChI=1S/C16H30BN5O6/c1-10(2)8-14(17(25)26)20-15(24)12(9-13(23)11-5-6-11)4-3-7-19-16(18)21-22(27)28/h10-12,14,25-26H,3-9H2,1-2H3,(H,20,24)(H3,18,19,21)/t12-,14+/m1/s1. The molecule has 2 atom stereocenters. The van der Waals surface area contributed by atoms with Gasteiger partial charge in [0.2, 0.25) is 5.91 Å². The fraction of sp³-hybridized carbons (Fsp3) is 0.812. The number of rotatable bonds is 13. The molecule has 0 aromatic rings. The lowest BCUT2D eigenvalue weighted by atomic mass is 9.74. The Morgan fingerprint density at radius 1 is 1.36 bits per heavy atom. The summed E-state index contributed by atoms with van der Waals surface area (Å²) in [7, 11) is -1.69. The minimum absolute atomic E-state index is 0.0168. The Kier molecular flexibility index (Phi) is 9.87. The second kappa shape index (κ2) is 11.6. The maximum absolute atomic E-state index is 12.6. The van der Waals surface area contributed by atoms with Crippen LogP contribution >= 0.6 is 0 Å². The number of aliphatic imine (C=N–C) groups is 1. The largest absolute Gasteiger partial charge is 0.475 e. The summed E-state index contributed by atoms with van der Waals surface area (Å²) >= 11 is 0. The van der Waals surface area contributed by atoms with Crippen molar-refractivity contribution in [2.75, 3.05) is 6.54 Å². The van der Waals surface area contributed by atoms with E-state index in [4.69, 9.17) is 5.73 Å². The first kappa shape index (κ1) is 23.8. The molecule has 1 aliphatic rings. The molecule has 158 valence electrons. The number of nitro groups is 1. The van der Waals surface area contributed by atoms with E-state index in [2.05, 4.69) is 10.3 Å². The molecule has 0 radical (unpaired) electrons. The van der Waals surface area contributed by atoms with Crippen molar-refractivity contribution in [3.63, 3.8) is 0 Å². The van der Waals surface area contributed by atoms with Crippen molar-refractivity contribution in [3.8, 4) is 0 Å². The Morgan fingerprint density at radius 3 is 2.50 bits per heavy atom. The Balaban J connectivity index is 2.65. The number of nitrogens with one attached hydrogen (secondary N) is 2. The molecule has 12 heteroatoms. The average Bonchev–Trinajstić information content (AvgIpc) is 3.40. The lowest BCUT2D eigenvalue weighted by molar-refractivity contribution is -0.525. The summed E-state index contributed by atoms with van der Waals surface area (Å²) in [5.74, 6) is -1.99. The zero-order valence-electron chi connectivity index (χ0n) is 16.3. The van der Waals surface area contributed by atoms with Crippen LogP contribution in [0.1, 0.15) is 52.4 Å². The molecular formula is C16H30BN5O6. The first-order valence-electron chi connectivity index (χ1n) is 9.50. The van der Waals surface area contributed by atoms with Crippen LogP contribution in [0.25, 0.3) is 0 Å². The number of amides is 1. The first-order chi connectivity index (χ1) is 13.1. The summed E-state index contributed by atoms with van der Waals surface area (Å²) in [5.41, 5.74) is 7.06. The molecule has 0 aromatic heterocycles. The van der Waals surface area contributed by atoms with Crippen LogP contribution in [-0.2, 0) is 9.59 Å². The highest BCUT2D eigenvalue weighted by Gasteiger charge is 2.34. The fourth-order valence-corrected chi connectivity index (χ4v) is 2.87. The third-order valence-electron chi connectivity index (χ3n) is 4.46. The summed E-state index contributed by atoms with van der Waals surface area (Å²) in [6, 6.07) is 0. The van der Waals surface area contributed by atoms with Gasteiger partial charge in [0.15, 0.2) is 5.03 Å². The van der Waals surface area contributed by atoms with Crippen molar-refractivity contribution in [2.24, 2.45) is 28.5 Å². The molecule has 28 heavy (non-hydrogen) atoms. The molecule has 0 heterocycles. The van der Waals surface area contributed by atoms with E-state index in [1.54, 1.807) is 5.43 Å². The van der Waals surface area contributed by atoms with E-state index in [9.17, 15) is 29.8 Å². The Labute approximate surface area is 164 Å². The number of Topliss-reactive ketones (excluding diaryl/α,β-unsaturated/α-hetero) is 1. The predicted molar refractivity (Wildman–Crippen MR) is 103 cm³/mol. The molecule has 1 amide bonds. The third-order valence-corrected chi connectivity index (χ3v) is 4.46. The van der Waals surface area contributed by atoms with Gasteiger partial charge in [-0.2, -0.15) is 0 Å². The molecule has 6 N–H and O–H groups in total. The van der Waals surface area contributed by atoms with Crippen molar-refractivity contribution < 1.29 is 24.7 Å². The van der Waals surface area contributed by atoms with Gasteiger partial charge in [0.05, 0.1) is 5.94 Å². The average molecular weight is 399 g/mol. The van der Waals surface area contributed by atoms with Crippen molar-refractivity contribution in [1.29, 1.82) is 0 Å². The molecule has 0 bridgehead atoms. The topological polar surface area (TPSA) is 180 Å². The van der Waals surface area contributed by atoms with Crippen LogP contribution in [-0.4, -0.2) is 52.3 Å². The zero-order valence-corrected chi connectivity index (χ0v) is 16.3. The van der Waals surface area contributed by atoms with E-state index in [0.29, 0.717) is 19.3 Å². The lowest BCUT2D eigenvalue weighted by Gasteiger charge is -2.23. The van der Waals surface area contributed by atoms with Gasteiger partial charge >= 0.3 is 7.12 Å². The van der Waals surface area contributed by atoms with Gasteiger partial charge in [-0.3, -0.25) is 9.59 Å². The number of carbonyl (C=O) groups is 2. The lowest BCUT2D eigenvalue weighted by Crippen LogP contribution is -2.49. The van der Waals surface area contributed by atoms with Crippen LogP contribution in [0.15, 0.2) is 4.99 Å². The normalized spacial score (nSPS) is 16.4. The van der Waals surface area contributed by atoms with Crippen LogP contribution in [0.3, 0.4) is 0 Å². The first-order valence-corrected chi connectivity index (χ1v) is 9.50. The zero-order chi connectivity index (χ0) is 21.3. The Bertz CT molecular complexity index is 582. The molecular weight excluding hydrogens is 369 g/mol. The molecule has 1 rings (SSSR count). The number of nitrogens with two attached hydrogens (primary N) is 1. The number of nitrogens with zero attached hydrogens (tertiary/aromatic N) is 2. The number of guanidine groups is 1. The second-order valence-electron chi connectivity index (χ2n) is 7.58. The number of carbonyl (C=O) groups excluding carboxylic acids is 2. The van der Waals surface area contributed by atoms with Crippen LogP contribution in [0.5, 0.6) is 0 Å². The van der Waals surface area contributed by atoms with Gasteiger partial charge in [-0.1, -0.05) is 19.3 Å². The maximum atomic E-state index is 12.6. The fourth-order valence-electron chi connectivity index (χ4n) is 2.87. The summed E-state index contributed by atoms with van der Waals surface area (Å²) in [6.45, 7) is 3.96. The van der Waals surface area contributed by atoms with Crippen LogP contribution in [0.4, 0.5) is 0 Å². The molecule has 1 saturated carbocycles. The summed E-state index contributed by atoms with van der Waals surface area (Å²) in [5, 5.41) is 31.1. The minimum atomic E-state index is -1.69. The van der Waals surface area contributed by atoms with E-state index in [-0.39, 0.29) is 36.5 Å². The van der Waals surface area contributed by atoms with Crippen LogP contribution < -0.4 is 16.5 Å². The molecule has 1 aliphatic carbocycles. The number of hydrogen-bond donors (Lipinski definition) is 5. The van der Waals surface area contributed by atoms with Gasteiger partial charge in [0, 0.05) is 24.8 Å². The molecule has 0 aromatic carbocycles. The van der Waals surface area contributed by atoms with Gasteiger partial charge in [0.25, 0.3) is 5.96 Å². The highest BCUT2D eigenvalue weighted by molar-refractivity contribution is 6.43. The van der Waals surface area contributed by atoms with Crippen molar-refractivity contribution in [1.82, 2.24) is 10.7 Å². The van der Waals surface area contributed by atoms with Crippen LogP contribution in [0, 0.1) is 27.9 Å². The van der Waals surface area contributed by atoms with Gasteiger partial charge in [-0.05, 0) is 38.0 Å². The molecule has 1 fully saturated rings. The van der Waals surface area contributed by atoms with Crippen molar-refractivity contribution in [2.45, 2.75) is 58.3 Å². The van der Waals surface area contributed by atoms with Gasteiger partial charge < -0.3 is 21.1 Å². The SMILES string of the molecule is CC(C)C[C@H](NC(=O)[C@H](CCCN=C(N)N[N+](=O)[O-])CC(=O)C1CC1)B(O)O. The number of ketones is 1. The third kappa shape index (κ3) is 9.65. The smallest absolute Gasteiger partial charge is 0.426 e. The predicted octanol–water partition coefficient (Wildman–Crippen LogP) is -0.609. The molecule has 11 nitrogen and oxygen atoms in total. The number of hydrogen-bond acceptors (Lipinski definition) is 7.